The average Bonchev–Trinajstić information content (AvgIpc) is 0.811. The third-order valence-electron chi connectivity index (χ3n) is 0. The van der Waals surface area contributed by atoms with Crippen LogP contribution in [0.25, 0.3) is 0 Å². The van der Waals surface area contributed by atoms with E-state index in [2.05, 4.69) is 0 Å². The summed E-state index contributed by atoms with van der Waals surface area (Å²) in [4.78, 5) is 8.36. The van der Waals surface area contributed by atoms with Gasteiger partial charge in [-0.3, -0.25) is 0 Å². The van der Waals surface area contributed by atoms with Crippen molar-refractivity contribution in [3.8, 4) is 0 Å². The van der Waals surface area contributed by atoms with Crippen LogP contribution in [-0.2, 0) is 17.1 Å². The van der Waals surface area contributed by atoms with Crippen molar-refractivity contribution in [2.45, 2.75) is 0 Å². The van der Waals surface area contributed by atoms with Gasteiger partial charge in [-0.25, -0.2) is 0 Å². The second-order valence-corrected chi connectivity index (χ2v) is 0.238. The van der Waals surface area contributed by atoms with Crippen molar-refractivity contribution in [3.63, 3.8) is 0 Å². The molecule has 0 spiro atoms. The van der Waals surface area contributed by atoms with Gasteiger partial charge in [-0.05, 0) is 0 Å². The second kappa shape index (κ2) is 3.72. The van der Waals surface area contributed by atoms with Crippen LogP contribution in [0.4, 0.5) is 0 Å². The van der Waals surface area contributed by atoms with E-state index in [-0.39, 0.29) is 17.1 Å². The summed E-state index contributed by atoms with van der Waals surface area (Å²) in [6, 6.07) is 0. The van der Waals surface area contributed by atoms with Gasteiger partial charge in [-0.15, -0.1) is 10.1 Å². The van der Waals surface area contributed by atoms with E-state index in [0.717, 1.165) is 0 Å². The molecule has 1 radical (unpaired) electrons. The maximum absolute atomic E-state index is 8.36. The quantitative estimate of drug-likeness (QED) is 0.268. The first-order chi connectivity index (χ1) is 1.73. The Morgan fingerprint density at radius 2 is 1.80 bits per heavy atom. The molecule has 0 aromatic heterocycles. The van der Waals surface area contributed by atoms with Crippen LogP contribution in [0.15, 0.2) is 0 Å². The standard InChI is InChI=1S/Mn.HNO3/c;2-1(3)4/h;(H,2,3,4)/q+2;. The van der Waals surface area contributed by atoms with E-state index in [4.69, 9.17) is 15.3 Å². The Morgan fingerprint density at radius 1 is 1.80 bits per heavy atom. The summed E-state index contributed by atoms with van der Waals surface area (Å²) >= 11 is 0. The summed E-state index contributed by atoms with van der Waals surface area (Å²) in [6.07, 6.45) is 0. The molecule has 5 heavy (non-hydrogen) atoms. The van der Waals surface area contributed by atoms with E-state index < -0.39 is 5.09 Å². The molecule has 0 aromatic carbocycles. The molecule has 29 valence electrons. The summed E-state index contributed by atoms with van der Waals surface area (Å²) in [7, 11) is 0. The Bertz CT molecular complexity index is 29.9. The molecule has 0 unspecified atom stereocenters. The first-order valence-corrected chi connectivity index (χ1v) is 0.565. The minimum Gasteiger partial charge on any atom is -0.328 e. The largest absolute Gasteiger partial charge is 2.00 e. The van der Waals surface area contributed by atoms with Gasteiger partial charge in [0, 0.05) is 0 Å². The molecule has 0 fully saturated rings. The van der Waals surface area contributed by atoms with Gasteiger partial charge < -0.3 is 5.21 Å². The maximum atomic E-state index is 8.36. The van der Waals surface area contributed by atoms with E-state index in [1.54, 1.807) is 0 Å². The second-order valence-electron chi connectivity index (χ2n) is 0.238. The minimum absolute atomic E-state index is 0. The van der Waals surface area contributed by atoms with Gasteiger partial charge in [0.15, 0.2) is 0 Å². The SMILES string of the molecule is O=[N+]([O-])O.[Mn+2]. The smallest absolute Gasteiger partial charge is 0.328 e. The molecule has 0 aliphatic carbocycles. The molecular formula is HMnNO3+2. The van der Waals surface area contributed by atoms with Crippen molar-refractivity contribution < 1.29 is 27.4 Å². The minimum atomic E-state index is -1.50. The summed E-state index contributed by atoms with van der Waals surface area (Å²) in [6.45, 7) is 0. The predicted octanol–water partition coefficient (Wildman–Crippen LogP) is -0.350. The molecule has 0 aliphatic heterocycles. The maximum Gasteiger partial charge on any atom is 2.00 e. The van der Waals surface area contributed by atoms with Crippen LogP contribution in [0.5, 0.6) is 0 Å². The van der Waals surface area contributed by atoms with Crippen molar-refractivity contribution >= 4 is 0 Å². The molecular weight excluding hydrogens is 117 g/mol. The average molecular weight is 118 g/mol. The summed E-state index contributed by atoms with van der Waals surface area (Å²) in [5.74, 6) is 0. The third-order valence-corrected chi connectivity index (χ3v) is 0. The summed E-state index contributed by atoms with van der Waals surface area (Å²) in [5, 5.41) is 13.6. The topological polar surface area (TPSA) is 63.4 Å². The van der Waals surface area contributed by atoms with Crippen LogP contribution in [0, 0.1) is 10.1 Å². The molecule has 5 heteroatoms. The number of hydrogen-bond acceptors (Lipinski definition) is 2. The Balaban J connectivity index is 0. The Hall–Kier alpha value is -0.281. The molecule has 1 N–H and O–H groups in total. The number of hydrogen-bond donors (Lipinski definition) is 1. The summed E-state index contributed by atoms with van der Waals surface area (Å²) in [5.41, 5.74) is 0. The molecule has 0 saturated carbocycles. The van der Waals surface area contributed by atoms with Crippen LogP contribution in [0.2, 0.25) is 0 Å². The molecule has 0 bridgehead atoms. The first kappa shape index (κ1) is 8.83. The molecule has 0 saturated heterocycles. The van der Waals surface area contributed by atoms with Crippen molar-refractivity contribution in [1.29, 1.82) is 0 Å². The zero-order chi connectivity index (χ0) is 3.58. The van der Waals surface area contributed by atoms with Crippen molar-refractivity contribution in [1.82, 2.24) is 0 Å². The Labute approximate surface area is 38.4 Å². The Morgan fingerprint density at radius 3 is 1.80 bits per heavy atom. The fourth-order valence-corrected chi connectivity index (χ4v) is 0. The fraction of sp³-hybridized carbons (Fsp3) is 0. The Kier molecular flexibility index (Phi) is 6.57. The van der Waals surface area contributed by atoms with E-state index in [1.807, 2.05) is 0 Å². The monoisotopic (exact) mass is 118 g/mol. The molecule has 0 aliphatic rings. The van der Waals surface area contributed by atoms with Gasteiger partial charge in [0.1, 0.15) is 0 Å². The van der Waals surface area contributed by atoms with Crippen molar-refractivity contribution in [3.05, 3.63) is 10.1 Å². The van der Waals surface area contributed by atoms with E-state index in [9.17, 15) is 0 Å². The van der Waals surface area contributed by atoms with E-state index in [1.165, 1.54) is 0 Å². The number of rotatable bonds is 0. The van der Waals surface area contributed by atoms with Crippen LogP contribution in [0.3, 0.4) is 0 Å². The number of nitrogens with zero attached hydrogens (tertiary/aromatic N) is 1. The molecule has 0 amide bonds. The van der Waals surface area contributed by atoms with E-state index >= 15 is 0 Å². The summed E-state index contributed by atoms with van der Waals surface area (Å²) < 4.78 is 0. The van der Waals surface area contributed by atoms with Gasteiger partial charge in [-0.2, -0.15) is 0 Å². The van der Waals surface area contributed by atoms with Gasteiger partial charge in [0.25, 0.3) is 5.09 Å². The zero-order valence-electron chi connectivity index (χ0n) is 2.09. The predicted molar refractivity (Wildman–Crippen MR) is 8.78 cm³/mol. The van der Waals surface area contributed by atoms with Gasteiger partial charge >= 0.3 is 17.1 Å². The van der Waals surface area contributed by atoms with Gasteiger partial charge in [0.05, 0.1) is 0 Å². The normalized spacial score (nSPS) is 4.80. The van der Waals surface area contributed by atoms with E-state index in [0.29, 0.717) is 0 Å². The van der Waals surface area contributed by atoms with Crippen LogP contribution < -0.4 is 0 Å². The zero-order valence-corrected chi connectivity index (χ0v) is 3.27. The van der Waals surface area contributed by atoms with Gasteiger partial charge in [0.2, 0.25) is 0 Å². The van der Waals surface area contributed by atoms with Crippen LogP contribution >= 0.6 is 0 Å². The van der Waals surface area contributed by atoms with Crippen molar-refractivity contribution in [2.24, 2.45) is 0 Å². The molecule has 4 nitrogen and oxygen atoms in total. The molecule has 0 aromatic rings. The molecule has 0 rings (SSSR count). The first-order valence-electron chi connectivity index (χ1n) is 0.565. The third kappa shape index (κ3) is 140. The fourth-order valence-electron chi connectivity index (χ4n) is 0. The molecule has 0 atom stereocenters. The van der Waals surface area contributed by atoms with Crippen LogP contribution in [0.1, 0.15) is 0 Å². The van der Waals surface area contributed by atoms with Crippen molar-refractivity contribution in [2.75, 3.05) is 0 Å². The molecule has 0 heterocycles. The van der Waals surface area contributed by atoms with Crippen LogP contribution in [-0.4, -0.2) is 10.3 Å². The van der Waals surface area contributed by atoms with Gasteiger partial charge in [-0.1, -0.05) is 0 Å².